The number of hydrogen-bond donors (Lipinski definition) is 1. The van der Waals surface area contributed by atoms with E-state index in [0.29, 0.717) is 20.8 Å². The van der Waals surface area contributed by atoms with Gasteiger partial charge in [0, 0.05) is 41.1 Å². The number of sulfone groups is 1. The maximum atomic E-state index is 13.1. The Balaban J connectivity index is 0.000000369. The van der Waals surface area contributed by atoms with Crippen LogP contribution in [0.15, 0.2) is 78.1 Å². The van der Waals surface area contributed by atoms with Gasteiger partial charge in [0.15, 0.2) is 0 Å². The molecule has 0 atom stereocenters. The van der Waals surface area contributed by atoms with Crippen molar-refractivity contribution >= 4 is 56.5 Å². The number of hydrogen-bond acceptors (Lipinski definition) is 9. The first-order chi connectivity index (χ1) is 19.8. The normalized spacial score (nSPS) is 10.7. The van der Waals surface area contributed by atoms with E-state index < -0.39 is 26.9 Å². The molecule has 10 nitrogen and oxygen atoms in total. The van der Waals surface area contributed by atoms with Crippen molar-refractivity contribution in [2.75, 3.05) is 13.3 Å². The number of aryl methyl sites for hydroxylation is 1. The SMILES string of the molecule is Cc1ccccc1Oc1nc(S(C)(=O)=O)ncc1C(=O)N(C)Cc1cc(Cl)cc(Cl)c1.O=C(OO)c1cccc(Cl)c1. The van der Waals surface area contributed by atoms with Crippen molar-refractivity contribution < 1.29 is 32.9 Å². The second kappa shape index (κ2) is 14.4. The van der Waals surface area contributed by atoms with Crippen molar-refractivity contribution in [3.8, 4) is 11.6 Å². The van der Waals surface area contributed by atoms with E-state index in [0.717, 1.165) is 23.6 Å². The average Bonchev–Trinajstić information content (AvgIpc) is 2.92. The fourth-order valence-electron chi connectivity index (χ4n) is 3.45. The molecule has 0 aliphatic carbocycles. The zero-order valence-corrected chi connectivity index (χ0v) is 25.5. The highest BCUT2D eigenvalue weighted by atomic mass is 35.5. The molecular weight excluding hydrogens is 629 g/mol. The Hall–Kier alpha value is -3.74. The predicted octanol–water partition coefficient (Wildman–Crippen LogP) is 6.53. The number of aromatic nitrogens is 2. The van der Waals surface area contributed by atoms with Gasteiger partial charge < -0.3 is 9.64 Å². The molecule has 0 aliphatic rings. The van der Waals surface area contributed by atoms with Crippen LogP contribution < -0.4 is 4.74 Å². The van der Waals surface area contributed by atoms with Crippen molar-refractivity contribution in [2.45, 2.75) is 18.6 Å². The van der Waals surface area contributed by atoms with E-state index in [4.69, 9.17) is 44.8 Å². The molecule has 3 aromatic carbocycles. The first-order valence-electron chi connectivity index (χ1n) is 11.9. The number of para-hydroxylation sites is 1. The summed E-state index contributed by atoms with van der Waals surface area (Å²) in [6, 6.07) is 18.2. The Morgan fingerprint density at radius 2 is 1.62 bits per heavy atom. The fraction of sp³-hybridized carbons (Fsp3) is 0.143. The van der Waals surface area contributed by atoms with E-state index in [1.165, 1.54) is 17.0 Å². The number of rotatable bonds is 7. The minimum absolute atomic E-state index is 0.0197. The van der Waals surface area contributed by atoms with E-state index in [1.54, 1.807) is 49.5 Å². The molecule has 0 radical (unpaired) electrons. The van der Waals surface area contributed by atoms with Crippen LogP contribution in [0.5, 0.6) is 11.6 Å². The molecule has 0 unspecified atom stereocenters. The maximum absolute atomic E-state index is 13.1. The molecule has 0 bridgehead atoms. The Morgan fingerprint density at radius 3 is 2.21 bits per heavy atom. The first kappa shape index (κ1) is 32.8. The van der Waals surface area contributed by atoms with Gasteiger partial charge in [-0.1, -0.05) is 59.1 Å². The number of nitrogens with zero attached hydrogens (tertiary/aromatic N) is 3. The van der Waals surface area contributed by atoms with Gasteiger partial charge in [0.05, 0.1) is 5.56 Å². The zero-order chi connectivity index (χ0) is 31.0. The van der Waals surface area contributed by atoms with E-state index >= 15 is 0 Å². The van der Waals surface area contributed by atoms with Crippen molar-refractivity contribution in [2.24, 2.45) is 0 Å². The molecule has 1 heterocycles. The van der Waals surface area contributed by atoms with Crippen molar-refractivity contribution in [3.05, 3.63) is 110 Å². The number of benzene rings is 3. The molecule has 4 rings (SSSR count). The van der Waals surface area contributed by atoms with Crippen LogP contribution in [0.2, 0.25) is 15.1 Å². The standard InChI is InChI=1S/C21H19Cl2N3O4S.C7H5ClO3/c1-13-6-4-5-7-18(13)30-19-17(11-24-21(25-19)31(3,28)29)20(27)26(2)12-14-8-15(22)10-16(23)9-14;8-6-3-1-2-5(4-6)7(9)11-10/h4-11H,12H2,1-3H3;1-4,10H. The van der Waals surface area contributed by atoms with Crippen LogP contribution in [0.25, 0.3) is 0 Å². The zero-order valence-electron chi connectivity index (χ0n) is 22.4. The summed E-state index contributed by atoms with van der Waals surface area (Å²) in [7, 11) is -2.12. The molecule has 1 aromatic heterocycles. The molecular formula is C28H24Cl3N3O7S. The van der Waals surface area contributed by atoms with Gasteiger partial charge in [0.1, 0.15) is 11.3 Å². The number of carbonyl (C=O) groups excluding carboxylic acids is 2. The van der Waals surface area contributed by atoms with Crippen LogP contribution in [0.1, 0.15) is 31.8 Å². The van der Waals surface area contributed by atoms with Crippen LogP contribution >= 0.6 is 34.8 Å². The topological polar surface area (TPSA) is 136 Å². The van der Waals surface area contributed by atoms with Gasteiger partial charge in [0.2, 0.25) is 20.9 Å². The first-order valence-corrected chi connectivity index (χ1v) is 14.9. The highest BCUT2D eigenvalue weighted by Crippen LogP contribution is 2.28. The summed E-state index contributed by atoms with van der Waals surface area (Å²) in [5, 5.41) is 8.88. The number of amides is 1. The van der Waals surface area contributed by atoms with Crippen LogP contribution in [0.3, 0.4) is 0 Å². The number of ether oxygens (including phenoxy) is 1. The molecule has 42 heavy (non-hydrogen) atoms. The van der Waals surface area contributed by atoms with Gasteiger partial charge in [-0.05, 0) is 60.5 Å². The summed E-state index contributed by atoms with van der Waals surface area (Å²) < 4.78 is 29.7. The molecule has 0 spiro atoms. The van der Waals surface area contributed by atoms with Gasteiger partial charge in [-0.3, -0.25) is 9.68 Å². The molecule has 0 saturated carbocycles. The van der Waals surface area contributed by atoms with Crippen LogP contribution in [-0.4, -0.2) is 53.7 Å². The van der Waals surface area contributed by atoms with Crippen LogP contribution in [0, 0.1) is 6.92 Å². The minimum Gasteiger partial charge on any atom is -0.438 e. The molecule has 14 heteroatoms. The van der Waals surface area contributed by atoms with Gasteiger partial charge in [-0.25, -0.2) is 18.2 Å². The Labute approximate surface area is 257 Å². The summed E-state index contributed by atoms with van der Waals surface area (Å²) in [5.74, 6) is -0.975. The second-order valence-corrected chi connectivity index (χ2v) is 12.1. The van der Waals surface area contributed by atoms with Gasteiger partial charge in [-0.15, -0.1) is 0 Å². The molecule has 0 fully saturated rings. The van der Waals surface area contributed by atoms with Crippen LogP contribution in [-0.2, 0) is 21.3 Å². The monoisotopic (exact) mass is 651 g/mol. The third kappa shape index (κ3) is 9.13. The lowest BCUT2D eigenvalue weighted by molar-refractivity contribution is -0.182. The molecule has 1 amide bonds. The fourth-order valence-corrected chi connectivity index (χ4v) is 4.71. The van der Waals surface area contributed by atoms with Gasteiger partial charge >= 0.3 is 5.97 Å². The lowest BCUT2D eigenvalue weighted by Crippen LogP contribution is -2.27. The highest BCUT2D eigenvalue weighted by Gasteiger charge is 2.23. The van der Waals surface area contributed by atoms with Crippen LogP contribution in [0.4, 0.5) is 0 Å². The molecule has 0 saturated heterocycles. The third-order valence-electron chi connectivity index (χ3n) is 5.43. The molecule has 1 N–H and O–H groups in total. The van der Waals surface area contributed by atoms with E-state index in [9.17, 15) is 18.0 Å². The predicted molar refractivity (Wildman–Crippen MR) is 158 cm³/mol. The molecule has 4 aromatic rings. The van der Waals surface area contributed by atoms with E-state index in [1.807, 2.05) is 19.1 Å². The van der Waals surface area contributed by atoms with Crippen molar-refractivity contribution in [1.82, 2.24) is 14.9 Å². The largest absolute Gasteiger partial charge is 0.438 e. The summed E-state index contributed by atoms with van der Waals surface area (Å²) >= 11 is 17.6. The Bertz CT molecular complexity index is 1700. The Morgan fingerprint density at radius 1 is 0.952 bits per heavy atom. The lowest BCUT2D eigenvalue weighted by atomic mass is 10.2. The van der Waals surface area contributed by atoms with Gasteiger partial charge in [0.25, 0.3) is 5.91 Å². The molecule has 0 aliphatic heterocycles. The van der Waals surface area contributed by atoms with Gasteiger partial charge in [-0.2, -0.15) is 10.2 Å². The van der Waals surface area contributed by atoms with E-state index in [2.05, 4.69) is 14.9 Å². The number of carbonyl (C=O) groups is 2. The maximum Gasteiger partial charge on any atom is 0.372 e. The third-order valence-corrected chi connectivity index (χ3v) is 6.96. The summed E-state index contributed by atoms with van der Waals surface area (Å²) in [5.41, 5.74) is 1.76. The van der Waals surface area contributed by atoms with Crippen molar-refractivity contribution in [3.63, 3.8) is 0 Å². The average molecular weight is 653 g/mol. The quantitative estimate of drug-likeness (QED) is 0.134. The summed E-state index contributed by atoms with van der Waals surface area (Å²) in [6.45, 7) is 2.03. The smallest absolute Gasteiger partial charge is 0.372 e. The second-order valence-electron chi connectivity index (χ2n) is 8.84. The Kier molecular flexibility index (Phi) is 11.3. The van der Waals surface area contributed by atoms with Crippen molar-refractivity contribution in [1.29, 1.82) is 0 Å². The number of halogens is 3. The lowest BCUT2D eigenvalue weighted by Gasteiger charge is -2.19. The summed E-state index contributed by atoms with van der Waals surface area (Å²) in [4.78, 5) is 36.5. The minimum atomic E-state index is -3.70. The highest BCUT2D eigenvalue weighted by molar-refractivity contribution is 7.90. The summed E-state index contributed by atoms with van der Waals surface area (Å²) in [6.07, 6.45) is 2.14. The molecule has 220 valence electrons. The van der Waals surface area contributed by atoms with E-state index in [-0.39, 0.29) is 23.6 Å².